The average molecular weight is 253 g/mol. The second kappa shape index (κ2) is 6.23. The van der Waals surface area contributed by atoms with Gasteiger partial charge in [-0.15, -0.1) is 11.3 Å². The molecule has 2 heterocycles. The maximum Gasteiger partial charge on any atom is 0.205 e. The van der Waals surface area contributed by atoms with Crippen LogP contribution in [-0.4, -0.2) is 48.4 Å². The van der Waals surface area contributed by atoms with Gasteiger partial charge in [0.2, 0.25) is 5.78 Å². The topological polar surface area (TPSA) is 45.2 Å². The third kappa shape index (κ3) is 3.87. The molecule has 0 bridgehead atoms. The van der Waals surface area contributed by atoms with E-state index in [2.05, 4.69) is 15.2 Å². The van der Waals surface area contributed by atoms with Crippen LogP contribution in [0.25, 0.3) is 0 Å². The highest BCUT2D eigenvalue weighted by molar-refractivity contribution is 7.11. The Morgan fingerprint density at radius 3 is 3.18 bits per heavy atom. The molecule has 4 nitrogen and oxygen atoms in total. The van der Waals surface area contributed by atoms with E-state index in [1.54, 1.807) is 6.20 Å². The van der Waals surface area contributed by atoms with Crippen LogP contribution in [0.2, 0.25) is 0 Å². The average Bonchev–Trinajstić information content (AvgIpc) is 2.83. The second-order valence-electron chi connectivity index (χ2n) is 4.60. The lowest BCUT2D eigenvalue weighted by molar-refractivity contribution is 0.0938. The van der Waals surface area contributed by atoms with E-state index in [1.165, 1.54) is 30.6 Å². The molecule has 2 rings (SSSR count). The molecular formula is C12H19N3OS. The smallest absolute Gasteiger partial charge is 0.205 e. The maximum atomic E-state index is 11.8. The second-order valence-corrected chi connectivity index (χ2v) is 5.50. The minimum absolute atomic E-state index is 0.123. The van der Waals surface area contributed by atoms with Crippen molar-refractivity contribution in [1.29, 1.82) is 0 Å². The first kappa shape index (κ1) is 12.7. The molecule has 17 heavy (non-hydrogen) atoms. The van der Waals surface area contributed by atoms with Gasteiger partial charge >= 0.3 is 0 Å². The lowest BCUT2D eigenvalue weighted by Gasteiger charge is -2.27. The van der Waals surface area contributed by atoms with Crippen molar-refractivity contribution in [2.24, 2.45) is 0 Å². The summed E-state index contributed by atoms with van der Waals surface area (Å²) in [6, 6.07) is 0.540. The highest BCUT2D eigenvalue weighted by Crippen LogP contribution is 2.09. The number of likely N-dealkylation sites (N-methyl/N-ethyl adjacent to an activating group) is 1. The molecule has 1 fully saturated rings. The number of ketones is 1. The normalized spacial score (nSPS) is 20.7. The summed E-state index contributed by atoms with van der Waals surface area (Å²) >= 11 is 1.42. The Labute approximate surface area is 106 Å². The minimum atomic E-state index is 0.123. The Morgan fingerprint density at radius 1 is 1.65 bits per heavy atom. The number of nitrogens with zero attached hydrogens (tertiary/aromatic N) is 2. The number of hydrogen-bond donors (Lipinski definition) is 1. The molecule has 0 amide bonds. The fraction of sp³-hybridized carbons (Fsp3) is 0.667. The van der Waals surface area contributed by atoms with Gasteiger partial charge in [0.25, 0.3) is 0 Å². The van der Waals surface area contributed by atoms with Crippen LogP contribution < -0.4 is 5.32 Å². The van der Waals surface area contributed by atoms with E-state index < -0.39 is 0 Å². The summed E-state index contributed by atoms with van der Waals surface area (Å²) < 4.78 is 0. The number of carbonyl (C=O) groups excluding carboxylic acids is 1. The van der Waals surface area contributed by atoms with Crippen molar-refractivity contribution < 1.29 is 4.79 Å². The van der Waals surface area contributed by atoms with E-state index in [-0.39, 0.29) is 5.78 Å². The van der Waals surface area contributed by atoms with Gasteiger partial charge in [0.1, 0.15) is 0 Å². The summed E-state index contributed by atoms with van der Waals surface area (Å²) in [5.41, 5.74) is 0. The Kier molecular flexibility index (Phi) is 4.65. The molecule has 1 aromatic heterocycles. The zero-order chi connectivity index (χ0) is 12.1. The third-order valence-corrected chi connectivity index (χ3v) is 3.84. The van der Waals surface area contributed by atoms with Gasteiger partial charge in [0, 0.05) is 24.2 Å². The Balaban J connectivity index is 1.76. The first-order valence-corrected chi connectivity index (χ1v) is 6.98. The van der Waals surface area contributed by atoms with Gasteiger partial charge in [-0.05, 0) is 26.4 Å². The van der Waals surface area contributed by atoms with Crippen LogP contribution in [0.5, 0.6) is 0 Å². The molecule has 1 atom stereocenters. The Bertz CT molecular complexity index is 347. The van der Waals surface area contributed by atoms with Gasteiger partial charge in [-0.1, -0.05) is 6.42 Å². The predicted octanol–water partition coefficient (Wildman–Crippen LogP) is 1.40. The zero-order valence-electron chi connectivity index (χ0n) is 10.2. The number of nitrogens with one attached hydrogen (secondary N) is 1. The van der Waals surface area contributed by atoms with Crippen LogP contribution >= 0.6 is 11.3 Å². The molecule has 5 heteroatoms. The minimum Gasteiger partial charge on any atom is -0.313 e. The molecule has 0 radical (unpaired) electrons. The van der Waals surface area contributed by atoms with Crippen LogP contribution in [0.15, 0.2) is 11.6 Å². The molecule has 1 saturated heterocycles. The Morgan fingerprint density at radius 2 is 2.53 bits per heavy atom. The first-order valence-electron chi connectivity index (χ1n) is 6.10. The van der Waals surface area contributed by atoms with Gasteiger partial charge in [-0.3, -0.25) is 9.69 Å². The van der Waals surface area contributed by atoms with Crippen molar-refractivity contribution in [2.75, 3.05) is 26.7 Å². The number of hydrogen-bond acceptors (Lipinski definition) is 5. The van der Waals surface area contributed by atoms with Gasteiger partial charge < -0.3 is 5.32 Å². The van der Waals surface area contributed by atoms with Gasteiger partial charge in [-0.25, -0.2) is 4.98 Å². The van der Waals surface area contributed by atoms with Crippen molar-refractivity contribution in [3.8, 4) is 0 Å². The number of rotatable bonds is 5. The fourth-order valence-corrected chi connectivity index (χ4v) is 2.76. The number of carbonyl (C=O) groups is 1. The summed E-state index contributed by atoms with van der Waals surface area (Å²) in [5.74, 6) is 0.123. The summed E-state index contributed by atoms with van der Waals surface area (Å²) in [6.45, 7) is 2.52. The standard InChI is InChI=1S/C12H19N3OS/c1-15(8-10-4-2-3-5-13-10)9-11(16)12-14-6-7-17-12/h6-7,10,13H,2-5,8-9H2,1H3/t10-/m1/s1. The van der Waals surface area contributed by atoms with Gasteiger partial charge in [-0.2, -0.15) is 0 Å². The van der Waals surface area contributed by atoms with Crippen LogP contribution in [-0.2, 0) is 0 Å². The van der Waals surface area contributed by atoms with E-state index in [0.29, 0.717) is 17.6 Å². The van der Waals surface area contributed by atoms with Gasteiger partial charge in [0.05, 0.1) is 6.54 Å². The molecule has 0 spiro atoms. The molecule has 94 valence electrons. The van der Waals surface area contributed by atoms with Crippen molar-refractivity contribution in [1.82, 2.24) is 15.2 Å². The highest BCUT2D eigenvalue weighted by Gasteiger charge is 2.17. The summed E-state index contributed by atoms with van der Waals surface area (Å²) in [4.78, 5) is 18.0. The van der Waals surface area contributed by atoms with Crippen molar-refractivity contribution in [3.63, 3.8) is 0 Å². The number of aromatic nitrogens is 1. The van der Waals surface area contributed by atoms with Crippen molar-refractivity contribution >= 4 is 17.1 Å². The van der Waals surface area contributed by atoms with Crippen LogP contribution in [0.4, 0.5) is 0 Å². The predicted molar refractivity (Wildman–Crippen MR) is 69.6 cm³/mol. The first-order chi connectivity index (χ1) is 8.25. The molecular weight excluding hydrogens is 234 g/mol. The quantitative estimate of drug-likeness (QED) is 0.806. The molecule has 0 unspecified atom stereocenters. The van der Waals surface area contributed by atoms with Crippen LogP contribution in [0.1, 0.15) is 29.1 Å². The van der Waals surface area contributed by atoms with Crippen LogP contribution in [0, 0.1) is 0 Å². The maximum absolute atomic E-state index is 11.8. The molecule has 0 aromatic carbocycles. The summed E-state index contributed by atoms with van der Waals surface area (Å²) in [7, 11) is 2.00. The van der Waals surface area contributed by atoms with E-state index in [0.717, 1.165) is 13.1 Å². The van der Waals surface area contributed by atoms with E-state index in [1.807, 2.05) is 12.4 Å². The largest absolute Gasteiger partial charge is 0.313 e. The number of piperidine rings is 1. The molecule has 0 saturated carbocycles. The molecule has 1 aliphatic heterocycles. The van der Waals surface area contributed by atoms with Crippen molar-refractivity contribution in [2.45, 2.75) is 25.3 Å². The molecule has 1 aliphatic rings. The molecule has 0 aliphatic carbocycles. The SMILES string of the molecule is CN(CC(=O)c1nccs1)C[C@H]1CCCCN1. The monoisotopic (exact) mass is 253 g/mol. The lowest BCUT2D eigenvalue weighted by atomic mass is 10.0. The highest BCUT2D eigenvalue weighted by atomic mass is 32.1. The van der Waals surface area contributed by atoms with E-state index in [4.69, 9.17) is 0 Å². The van der Waals surface area contributed by atoms with E-state index >= 15 is 0 Å². The van der Waals surface area contributed by atoms with Crippen LogP contribution in [0.3, 0.4) is 0 Å². The molecule has 1 aromatic rings. The fourth-order valence-electron chi connectivity index (χ4n) is 2.19. The number of thiazole rings is 1. The zero-order valence-corrected chi connectivity index (χ0v) is 11.0. The van der Waals surface area contributed by atoms with Crippen molar-refractivity contribution in [3.05, 3.63) is 16.6 Å². The third-order valence-electron chi connectivity index (χ3n) is 3.03. The van der Waals surface area contributed by atoms with Gasteiger partial charge in [0.15, 0.2) is 5.01 Å². The van der Waals surface area contributed by atoms with E-state index in [9.17, 15) is 4.79 Å². The number of Topliss-reactive ketones (excluding diaryl/α,β-unsaturated/α-hetero) is 1. The Hall–Kier alpha value is -0.780. The lowest BCUT2D eigenvalue weighted by Crippen LogP contribution is -2.43. The summed E-state index contributed by atoms with van der Waals surface area (Å²) in [5, 5.41) is 5.95. The molecule has 1 N–H and O–H groups in total. The summed E-state index contributed by atoms with van der Waals surface area (Å²) in [6.07, 6.45) is 5.47.